The smallest absolute Gasteiger partial charge is 0.170 e. The first kappa shape index (κ1) is 14.8. The predicted octanol–water partition coefficient (Wildman–Crippen LogP) is 2.66. The fraction of sp³-hybridized carbons (Fsp3) is 0.462. The van der Waals surface area contributed by atoms with Gasteiger partial charge in [-0.25, -0.2) is 0 Å². The van der Waals surface area contributed by atoms with Gasteiger partial charge >= 0.3 is 0 Å². The molecule has 0 aliphatic carbocycles. The first-order valence-corrected chi connectivity index (χ1v) is 6.34. The number of amidine groups is 1. The van der Waals surface area contributed by atoms with E-state index in [-0.39, 0.29) is 5.84 Å². The number of nitrogens with zero attached hydrogens (tertiary/aromatic N) is 2. The van der Waals surface area contributed by atoms with Gasteiger partial charge in [0.25, 0.3) is 0 Å². The van der Waals surface area contributed by atoms with Crippen LogP contribution in [0.5, 0.6) is 0 Å². The van der Waals surface area contributed by atoms with Gasteiger partial charge in [0.15, 0.2) is 5.84 Å². The number of hydrogen-bond acceptors (Lipinski definition) is 3. The van der Waals surface area contributed by atoms with E-state index in [0.29, 0.717) is 16.6 Å². The zero-order valence-electron chi connectivity index (χ0n) is 11.0. The van der Waals surface area contributed by atoms with Crippen molar-refractivity contribution in [3.05, 3.63) is 34.3 Å². The van der Waals surface area contributed by atoms with Crippen LogP contribution in [0.2, 0.25) is 5.02 Å². The number of benzene rings is 1. The van der Waals surface area contributed by atoms with Crippen LogP contribution in [0.4, 0.5) is 0 Å². The van der Waals surface area contributed by atoms with E-state index in [1.807, 2.05) is 6.07 Å². The molecule has 0 bridgehead atoms. The van der Waals surface area contributed by atoms with Crippen molar-refractivity contribution in [3.63, 3.8) is 0 Å². The van der Waals surface area contributed by atoms with E-state index in [9.17, 15) is 0 Å². The lowest BCUT2D eigenvalue weighted by molar-refractivity contribution is 0.244. The highest BCUT2D eigenvalue weighted by atomic mass is 35.5. The molecule has 0 saturated carbocycles. The molecule has 5 heteroatoms. The molecule has 1 atom stereocenters. The first-order valence-electron chi connectivity index (χ1n) is 5.96. The molecule has 1 aromatic carbocycles. The Morgan fingerprint density at radius 2 is 2.22 bits per heavy atom. The zero-order chi connectivity index (χ0) is 13.7. The molecule has 0 spiro atoms. The second kappa shape index (κ2) is 6.61. The average molecular weight is 270 g/mol. The van der Waals surface area contributed by atoms with Gasteiger partial charge in [0.2, 0.25) is 0 Å². The van der Waals surface area contributed by atoms with Crippen molar-refractivity contribution < 1.29 is 5.21 Å². The normalized spacial score (nSPS) is 13.9. The highest BCUT2D eigenvalue weighted by Gasteiger charge is 2.10. The Morgan fingerprint density at radius 1 is 1.56 bits per heavy atom. The van der Waals surface area contributed by atoms with Crippen LogP contribution in [-0.2, 0) is 6.54 Å². The summed E-state index contributed by atoms with van der Waals surface area (Å²) in [6, 6.07) is 5.94. The molecule has 0 heterocycles. The van der Waals surface area contributed by atoms with E-state index in [1.165, 1.54) is 0 Å². The summed E-state index contributed by atoms with van der Waals surface area (Å²) in [6.45, 7) is 5.12. The van der Waals surface area contributed by atoms with Crippen molar-refractivity contribution in [1.82, 2.24) is 4.90 Å². The Morgan fingerprint density at radius 3 is 2.72 bits per heavy atom. The van der Waals surface area contributed by atoms with Crippen LogP contribution in [0.15, 0.2) is 23.4 Å². The van der Waals surface area contributed by atoms with E-state index in [1.54, 1.807) is 12.1 Å². The fourth-order valence-electron chi connectivity index (χ4n) is 1.63. The third-order valence-electron chi connectivity index (χ3n) is 3.22. The van der Waals surface area contributed by atoms with Crippen LogP contribution >= 0.6 is 11.6 Å². The van der Waals surface area contributed by atoms with E-state index in [0.717, 1.165) is 18.5 Å². The van der Waals surface area contributed by atoms with Crippen LogP contribution in [0.3, 0.4) is 0 Å². The summed E-state index contributed by atoms with van der Waals surface area (Å²) in [4.78, 5) is 2.24. The predicted molar refractivity (Wildman–Crippen MR) is 75.2 cm³/mol. The molecule has 0 amide bonds. The van der Waals surface area contributed by atoms with Gasteiger partial charge in [-0.2, -0.15) is 0 Å². The maximum atomic E-state index is 8.61. The number of rotatable bonds is 5. The minimum atomic E-state index is 0.0683. The number of halogens is 1. The van der Waals surface area contributed by atoms with Gasteiger partial charge in [-0.1, -0.05) is 35.8 Å². The lowest BCUT2D eigenvalue weighted by atomic mass is 10.1. The van der Waals surface area contributed by atoms with Crippen LogP contribution < -0.4 is 5.73 Å². The van der Waals surface area contributed by atoms with Gasteiger partial charge in [0.1, 0.15) is 0 Å². The van der Waals surface area contributed by atoms with Crippen molar-refractivity contribution in [3.8, 4) is 0 Å². The van der Waals surface area contributed by atoms with Crippen molar-refractivity contribution >= 4 is 17.4 Å². The molecule has 0 aliphatic heterocycles. The third-order valence-corrected chi connectivity index (χ3v) is 3.57. The lowest BCUT2D eigenvalue weighted by Crippen LogP contribution is -2.28. The first-order chi connectivity index (χ1) is 8.49. The fourth-order valence-corrected chi connectivity index (χ4v) is 1.87. The Bertz CT molecular complexity index is 434. The molecule has 3 N–H and O–H groups in total. The van der Waals surface area contributed by atoms with Crippen LogP contribution in [0, 0.1) is 0 Å². The Labute approximate surface area is 113 Å². The molecular weight excluding hydrogens is 250 g/mol. The van der Waals surface area contributed by atoms with Crippen LogP contribution in [0.25, 0.3) is 0 Å². The number of nitrogens with two attached hydrogens (primary N) is 1. The van der Waals surface area contributed by atoms with E-state index >= 15 is 0 Å². The molecule has 1 aromatic rings. The van der Waals surface area contributed by atoms with E-state index < -0.39 is 0 Å². The molecule has 100 valence electrons. The molecule has 0 aromatic heterocycles. The molecule has 0 saturated heterocycles. The highest BCUT2D eigenvalue weighted by molar-refractivity contribution is 6.31. The Balaban J connectivity index is 2.86. The maximum absolute atomic E-state index is 8.61. The highest BCUT2D eigenvalue weighted by Crippen LogP contribution is 2.20. The summed E-state index contributed by atoms with van der Waals surface area (Å²) in [7, 11) is 2.07. The largest absolute Gasteiger partial charge is 0.409 e. The molecule has 1 unspecified atom stereocenters. The third kappa shape index (κ3) is 3.62. The van der Waals surface area contributed by atoms with Crippen LogP contribution in [0.1, 0.15) is 31.4 Å². The molecule has 1 rings (SSSR count). The Kier molecular flexibility index (Phi) is 5.44. The van der Waals surface area contributed by atoms with Crippen LogP contribution in [-0.4, -0.2) is 29.0 Å². The summed E-state index contributed by atoms with van der Waals surface area (Å²) < 4.78 is 0. The summed E-state index contributed by atoms with van der Waals surface area (Å²) in [5.41, 5.74) is 7.17. The summed E-state index contributed by atoms with van der Waals surface area (Å²) in [5.74, 6) is 0.0683. The molecular formula is C13H20ClN3O. The molecule has 18 heavy (non-hydrogen) atoms. The van der Waals surface area contributed by atoms with Crippen molar-refractivity contribution in [2.45, 2.75) is 32.9 Å². The van der Waals surface area contributed by atoms with E-state index in [2.05, 4.69) is 31.0 Å². The zero-order valence-corrected chi connectivity index (χ0v) is 11.8. The summed E-state index contributed by atoms with van der Waals surface area (Å²) in [6.07, 6.45) is 1.09. The van der Waals surface area contributed by atoms with Gasteiger partial charge in [0, 0.05) is 23.2 Å². The molecule has 0 fully saturated rings. The lowest BCUT2D eigenvalue weighted by Gasteiger charge is -2.24. The second-order valence-corrected chi connectivity index (χ2v) is 4.87. The van der Waals surface area contributed by atoms with Gasteiger partial charge in [-0.3, -0.25) is 4.90 Å². The van der Waals surface area contributed by atoms with Gasteiger partial charge in [0.05, 0.1) is 0 Å². The van der Waals surface area contributed by atoms with Crippen molar-refractivity contribution in [2.75, 3.05) is 7.05 Å². The quantitative estimate of drug-likeness (QED) is 0.374. The minimum Gasteiger partial charge on any atom is -0.409 e. The standard InChI is InChI=1S/C13H20ClN3O/c1-4-9(2)17(3)8-11-6-5-10(7-12(11)14)13(15)16-18/h5-7,9,18H,4,8H2,1-3H3,(H2,15,16). The molecule has 0 aliphatic rings. The average Bonchev–Trinajstić information content (AvgIpc) is 2.38. The van der Waals surface area contributed by atoms with Gasteiger partial charge < -0.3 is 10.9 Å². The second-order valence-electron chi connectivity index (χ2n) is 4.46. The van der Waals surface area contributed by atoms with Gasteiger partial charge in [-0.15, -0.1) is 0 Å². The van der Waals surface area contributed by atoms with Gasteiger partial charge in [-0.05, 0) is 32.0 Å². The monoisotopic (exact) mass is 269 g/mol. The molecule has 4 nitrogen and oxygen atoms in total. The Hall–Kier alpha value is -1.26. The van der Waals surface area contributed by atoms with Crippen molar-refractivity contribution in [2.24, 2.45) is 10.9 Å². The minimum absolute atomic E-state index is 0.0683. The topological polar surface area (TPSA) is 61.8 Å². The maximum Gasteiger partial charge on any atom is 0.170 e. The number of oxime groups is 1. The molecule has 0 radical (unpaired) electrons. The SMILES string of the molecule is CCC(C)N(C)Cc1ccc(/C(N)=N/O)cc1Cl. The van der Waals surface area contributed by atoms with E-state index in [4.69, 9.17) is 22.5 Å². The van der Waals surface area contributed by atoms with Crippen molar-refractivity contribution in [1.29, 1.82) is 0 Å². The summed E-state index contributed by atoms with van der Waals surface area (Å²) in [5, 5.41) is 12.2. The number of hydrogen-bond donors (Lipinski definition) is 2. The summed E-state index contributed by atoms with van der Waals surface area (Å²) >= 11 is 6.20.